The first kappa shape index (κ1) is 15.6. The largest absolute Gasteiger partial charge is 0.332 e. The minimum absolute atomic E-state index is 0.0566. The molecule has 1 aliphatic rings. The Kier molecular flexibility index (Phi) is 3.89. The van der Waals surface area contributed by atoms with Crippen LogP contribution >= 0.6 is 0 Å². The topological polar surface area (TPSA) is 63.2 Å². The predicted octanol–water partition coefficient (Wildman–Crippen LogP) is 3.23. The van der Waals surface area contributed by atoms with E-state index >= 15 is 0 Å². The molecule has 0 aliphatic heterocycles. The molecule has 0 bridgehead atoms. The number of halogens is 2. The smallest absolute Gasteiger partial charge is 0.326 e. The molecule has 0 heterocycles. The summed E-state index contributed by atoms with van der Waals surface area (Å²) >= 11 is 0. The Morgan fingerprint density at radius 1 is 1.04 bits per heavy atom. The molecule has 1 fully saturated rings. The van der Waals surface area contributed by atoms with Gasteiger partial charge in [0, 0.05) is 11.6 Å². The number of amides is 1. The second-order valence-corrected chi connectivity index (χ2v) is 6.80. The molecule has 3 rings (SSSR count). The fourth-order valence-corrected chi connectivity index (χ4v) is 2.96. The summed E-state index contributed by atoms with van der Waals surface area (Å²) in [6, 6.07) is 10.9. The van der Waals surface area contributed by atoms with Gasteiger partial charge in [-0.3, -0.25) is 4.79 Å². The molecule has 7 heteroatoms. The molecular weight excluding hydrogens is 324 g/mol. The van der Waals surface area contributed by atoms with Crippen LogP contribution in [0.5, 0.6) is 0 Å². The number of hydrogen-bond donors (Lipinski definition) is 1. The van der Waals surface area contributed by atoms with Crippen LogP contribution in [0.2, 0.25) is 0 Å². The molecule has 23 heavy (non-hydrogen) atoms. The van der Waals surface area contributed by atoms with E-state index in [1.54, 1.807) is 12.1 Å². The maximum Gasteiger partial charge on any atom is 0.332 e. The molecule has 120 valence electrons. The second kappa shape index (κ2) is 5.73. The monoisotopic (exact) mass is 337 g/mol. The lowest BCUT2D eigenvalue weighted by molar-refractivity contribution is -0.117. The van der Waals surface area contributed by atoms with Gasteiger partial charge in [-0.15, -0.1) is 3.89 Å². The van der Waals surface area contributed by atoms with Gasteiger partial charge >= 0.3 is 10.2 Å². The molecule has 2 atom stereocenters. The van der Waals surface area contributed by atoms with Gasteiger partial charge < -0.3 is 5.32 Å². The van der Waals surface area contributed by atoms with Gasteiger partial charge in [0.15, 0.2) is 0 Å². The van der Waals surface area contributed by atoms with Crippen molar-refractivity contribution in [2.75, 3.05) is 5.32 Å². The maximum absolute atomic E-state index is 12.9. The van der Waals surface area contributed by atoms with Crippen LogP contribution in [0, 0.1) is 11.7 Å². The third-order valence-electron chi connectivity index (χ3n) is 3.83. The van der Waals surface area contributed by atoms with E-state index in [1.165, 1.54) is 24.3 Å². The fourth-order valence-electron chi connectivity index (χ4n) is 2.50. The van der Waals surface area contributed by atoms with Gasteiger partial charge in [0.1, 0.15) is 5.82 Å². The minimum atomic E-state index is -4.74. The van der Waals surface area contributed by atoms with E-state index < -0.39 is 15.1 Å². The average molecular weight is 337 g/mol. The number of anilines is 1. The normalized spacial score (nSPS) is 20.1. The Labute approximate surface area is 132 Å². The molecule has 2 aromatic carbocycles. The first-order chi connectivity index (χ1) is 10.8. The summed E-state index contributed by atoms with van der Waals surface area (Å²) in [5.74, 6) is -0.667. The van der Waals surface area contributed by atoms with Gasteiger partial charge in [0.2, 0.25) is 5.91 Å². The van der Waals surface area contributed by atoms with Crippen molar-refractivity contribution in [3.05, 3.63) is 59.9 Å². The number of rotatable bonds is 4. The van der Waals surface area contributed by atoms with Gasteiger partial charge in [-0.1, -0.05) is 12.1 Å². The van der Waals surface area contributed by atoms with Crippen molar-refractivity contribution < 1.29 is 21.5 Å². The Morgan fingerprint density at radius 3 is 2.22 bits per heavy atom. The second-order valence-electron chi connectivity index (χ2n) is 5.45. The molecule has 4 nitrogen and oxygen atoms in total. The highest BCUT2D eigenvalue weighted by Crippen LogP contribution is 2.47. The molecule has 0 spiro atoms. The quantitative estimate of drug-likeness (QED) is 0.871. The highest BCUT2D eigenvalue weighted by molar-refractivity contribution is 7.86. The Balaban J connectivity index is 1.63. The summed E-state index contributed by atoms with van der Waals surface area (Å²) in [5.41, 5.74) is 1.30. The number of carbonyl (C=O) groups is 1. The van der Waals surface area contributed by atoms with Crippen molar-refractivity contribution in [2.45, 2.75) is 17.2 Å². The van der Waals surface area contributed by atoms with Crippen molar-refractivity contribution in [1.29, 1.82) is 0 Å². The van der Waals surface area contributed by atoms with Crippen molar-refractivity contribution in [1.82, 2.24) is 0 Å². The summed E-state index contributed by atoms with van der Waals surface area (Å²) in [5, 5.41) is 2.66. The van der Waals surface area contributed by atoms with Crippen LogP contribution in [-0.2, 0) is 15.0 Å². The molecular formula is C16H13F2NO3S. The summed E-state index contributed by atoms with van der Waals surface area (Å²) in [4.78, 5) is 11.7. The van der Waals surface area contributed by atoms with Crippen LogP contribution in [0.4, 0.5) is 14.0 Å². The molecule has 1 saturated carbocycles. The first-order valence-electron chi connectivity index (χ1n) is 6.95. The molecule has 2 aromatic rings. The van der Waals surface area contributed by atoms with E-state index in [0.717, 1.165) is 17.7 Å². The molecule has 0 unspecified atom stereocenters. The van der Waals surface area contributed by atoms with Gasteiger partial charge in [-0.2, -0.15) is 8.42 Å². The molecule has 0 radical (unpaired) electrons. The zero-order chi connectivity index (χ0) is 16.6. The average Bonchev–Trinajstić information content (AvgIpc) is 3.28. The Morgan fingerprint density at radius 2 is 1.65 bits per heavy atom. The van der Waals surface area contributed by atoms with E-state index in [2.05, 4.69) is 5.32 Å². The molecule has 0 aromatic heterocycles. The van der Waals surface area contributed by atoms with E-state index in [1.807, 2.05) is 0 Å². The van der Waals surface area contributed by atoms with Gasteiger partial charge in [-0.25, -0.2) is 4.39 Å². The lowest BCUT2D eigenvalue weighted by Crippen LogP contribution is -2.14. The number of benzene rings is 2. The van der Waals surface area contributed by atoms with Crippen LogP contribution in [-0.4, -0.2) is 14.3 Å². The van der Waals surface area contributed by atoms with Crippen LogP contribution in [0.3, 0.4) is 0 Å². The van der Waals surface area contributed by atoms with E-state index in [4.69, 9.17) is 0 Å². The SMILES string of the molecule is O=C(Nc1ccc(S(=O)(=O)F)cc1)[C@@H]1C[C@@H]1c1ccc(F)cc1. The third kappa shape index (κ3) is 3.56. The standard InChI is InChI=1S/C16H13F2NO3S/c17-11-3-1-10(2-4-11)14-9-15(14)16(20)19-12-5-7-13(8-6-12)23(18,21)22/h1-8,14-15H,9H2,(H,19,20)/t14-,15-/m1/s1. The van der Waals surface area contributed by atoms with E-state index in [0.29, 0.717) is 12.1 Å². The minimum Gasteiger partial charge on any atom is -0.326 e. The Hall–Kier alpha value is -2.28. The zero-order valence-electron chi connectivity index (χ0n) is 11.9. The summed E-state index contributed by atoms with van der Waals surface area (Å²) in [6.45, 7) is 0. The van der Waals surface area contributed by atoms with Crippen molar-refractivity contribution in [3.8, 4) is 0 Å². The van der Waals surface area contributed by atoms with Crippen LogP contribution in [0.25, 0.3) is 0 Å². The predicted molar refractivity (Wildman–Crippen MR) is 80.6 cm³/mol. The summed E-state index contributed by atoms with van der Waals surface area (Å²) in [7, 11) is -4.74. The molecule has 1 N–H and O–H groups in total. The highest BCUT2D eigenvalue weighted by Gasteiger charge is 2.43. The van der Waals surface area contributed by atoms with Crippen LogP contribution in [0.1, 0.15) is 17.9 Å². The molecule has 1 amide bonds. The lowest BCUT2D eigenvalue weighted by Gasteiger charge is -2.05. The molecule has 0 saturated heterocycles. The summed E-state index contributed by atoms with van der Waals surface area (Å²) in [6.07, 6.45) is 0.675. The zero-order valence-corrected chi connectivity index (χ0v) is 12.7. The van der Waals surface area contributed by atoms with Crippen molar-refractivity contribution in [2.24, 2.45) is 5.92 Å². The van der Waals surface area contributed by atoms with Crippen LogP contribution < -0.4 is 5.32 Å². The Bertz CT molecular complexity index is 833. The van der Waals surface area contributed by atoms with Gasteiger partial charge in [0.05, 0.1) is 4.90 Å². The number of hydrogen-bond acceptors (Lipinski definition) is 3. The lowest BCUT2D eigenvalue weighted by atomic mass is 10.1. The first-order valence-corrected chi connectivity index (χ1v) is 8.34. The van der Waals surface area contributed by atoms with Crippen molar-refractivity contribution in [3.63, 3.8) is 0 Å². The maximum atomic E-state index is 12.9. The van der Waals surface area contributed by atoms with Crippen LogP contribution in [0.15, 0.2) is 53.4 Å². The molecule has 1 aliphatic carbocycles. The number of nitrogens with one attached hydrogen (secondary N) is 1. The summed E-state index contributed by atoms with van der Waals surface area (Å²) < 4.78 is 47.1. The van der Waals surface area contributed by atoms with Crippen molar-refractivity contribution >= 4 is 21.8 Å². The van der Waals surface area contributed by atoms with Gasteiger partial charge in [0.25, 0.3) is 0 Å². The van der Waals surface area contributed by atoms with Gasteiger partial charge in [-0.05, 0) is 54.3 Å². The highest BCUT2D eigenvalue weighted by atomic mass is 32.3. The van der Waals surface area contributed by atoms with E-state index in [9.17, 15) is 21.5 Å². The fraction of sp³-hybridized carbons (Fsp3) is 0.188. The third-order valence-corrected chi connectivity index (χ3v) is 4.66. The van der Waals surface area contributed by atoms with E-state index in [-0.39, 0.29) is 23.6 Å². The number of carbonyl (C=O) groups excluding carboxylic acids is 1.